The van der Waals surface area contributed by atoms with Gasteiger partial charge in [-0.2, -0.15) is 13.2 Å². The summed E-state index contributed by atoms with van der Waals surface area (Å²) < 4.78 is 45.1. The maximum Gasteiger partial charge on any atom is 0.416 e. The smallest absolute Gasteiger partial charge is 0.377 e. The van der Waals surface area contributed by atoms with Crippen molar-refractivity contribution in [3.63, 3.8) is 0 Å². The monoisotopic (exact) mass is 363 g/mol. The van der Waals surface area contributed by atoms with Crippen LogP contribution in [0.15, 0.2) is 48.5 Å². The van der Waals surface area contributed by atoms with Gasteiger partial charge in [-0.05, 0) is 30.3 Å². The highest BCUT2D eigenvalue weighted by atomic mass is 19.4. The summed E-state index contributed by atoms with van der Waals surface area (Å²) in [6.07, 6.45) is -4.47. The van der Waals surface area contributed by atoms with E-state index in [0.717, 1.165) is 17.6 Å². The Morgan fingerprint density at radius 2 is 1.96 bits per heavy atom. The first-order valence-corrected chi connectivity index (χ1v) is 7.78. The number of anilines is 1. The highest BCUT2D eigenvalue weighted by molar-refractivity contribution is 5.91. The number of methoxy groups -OCH3 is 1. The molecule has 8 heteroatoms. The molecule has 3 aromatic rings. The number of hydrogen-bond donors (Lipinski definition) is 1. The summed E-state index contributed by atoms with van der Waals surface area (Å²) in [7, 11) is 1.52. The zero-order valence-corrected chi connectivity index (χ0v) is 13.9. The zero-order chi connectivity index (χ0) is 18.7. The van der Waals surface area contributed by atoms with Crippen LogP contribution in [0.3, 0.4) is 0 Å². The van der Waals surface area contributed by atoms with E-state index in [1.54, 1.807) is 4.57 Å². The third-order valence-electron chi connectivity index (χ3n) is 3.78. The standard InChI is InChI=1S/C18H16F3N3O2/c1-26-11-16-23-14-7-2-3-8-15(14)24(16)10-17(25)22-13-6-4-5-12(9-13)18(19,20)21/h2-9H,10-11H2,1H3,(H,22,25). The van der Waals surface area contributed by atoms with E-state index in [1.807, 2.05) is 24.3 Å². The van der Waals surface area contributed by atoms with E-state index in [9.17, 15) is 18.0 Å². The zero-order valence-electron chi connectivity index (χ0n) is 13.9. The predicted molar refractivity (Wildman–Crippen MR) is 90.5 cm³/mol. The third kappa shape index (κ3) is 3.85. The fourth-order valence-electron chi connectivity index (χ4n) is 2.66. The maximum atomic E-state index is 12.8. The molecular formula is C18H16F3N3O2. The highest BCUT2D eigenvalue weighted by Gasteiger charge is 2.30. The van der Waals surface area contributed by atoms with Crippen molar-refractivity contribution in [1.29, 1.82) is 0 Å². The lowest BCUT2D eigenvalue weighted by atomic mass is 10.2. The van der Waals surface area contributed by atoms with Crippen molar-refractivity contribution < 1.29 is 22.7 Å². The molecule has 0 saturated carbocycles. The van der Waals surface area contributed by atoms with Crippen molar-refractivity contribution in [3.05, 3.63) is 59.9 Å². The number of hydrogen-bond acceptors (Lipinski definition) is 3. The van der Waals surface area contributed by atoms with Crippen LogP contribution in [0.5, 0.6) is 0 Å². The molecule has 0 fully saturated rings. The van der Waals surface area contributed by atoms with Crippen LogP contribution in [-0.4, -0.2) is 22.6 Å². The molecule has 0 atom stereocenters. The minimum absolute atomic E-state index is 0.0857. The second-order valence-corrected chi connectivity index (χ2v) is 5.66. The molecule has 0 aliphatic carbocycles. The van der Waals surface area contributed by atoms with Gasteiger partial charge in [-0.1, -0.05) is 18.2 Å². The van der Waals surface area contributed by atoms with E-state index in [1.165, 1.54) is 19.2 Å². The molecule has 0 aliphatic heterocycles. The first-order chi connectivity index (χ1) is 12.4. The molecule has 0 saturated heterocycles. The van der Waals surface area contributed by atoms with Gasteiger partial charge in [0.2, 0.25) is 5.91 Å². The van der Waals surface area contributed by atoms with Crippen LogP contribution >= 0.6 is 0 Å². The van der Waals surface area contributed by atoms with Crippen LogP contribution in [0.2, 0.25) is 0 Å². The number of aromatic nitrogens is 2. The molecule has 0 aliphatic rings. The van der Waals surface area contributed by atoms with Crippen LogP contribution < -0.4 is 5.32 Å². The number of para-hydroxylation sites is 2. The number of fused-ring (bicyclic) bond motifs is 1. The van der Waals surface area contributed by atoms with E-state index in [-0.39, 0.29) is 18.8 Å². The van der Waals surface area contributed by atoms with Gasteiger partial charge < -0.3 is 14.6 Å². The van der Waals surface area contributed by atoms with Crippen LogP contribution in [0, 0.1) is 0 Å². The lowest BCUT2D eigenvalue weighted by Gasteiger charge is -2.11. The molecular weight excluding hydrogens is 347 g/mol. The Bertz CT molecular complexity index is 935. The third-order valence-corrected chi connectivity index (χ3v) is 3.78. The molecule has 0 unspecified atom stereocenters. The number of carbonyl (C=O) groups is 1. The van der Waals surface area contributed by atoms with Crippen molar-refractivity contribution in [2.75, 3.05) is 12.4 Å². The molecule has 136 valence electrons. The quantitative estimate of drug-likeness (QED) is 0.749. The Morgan fingerprint density at radius 3 is 2.69 bits per heavy atom. The van der Waals surface area contributed by atoms with Crippen LogP contribution in [0.4, 0.5) is 18.9 Å². The molecule has 1 aromatic heterocycles. The molecule has 2 aromatic carbocycles. The summed E-state index contributed by atoms with van der Waals surface area (Å²) in [4.78, 5) is 16.8. The van der Waals surface area contributed by atoms with Gasteiger partial charge in [-0.3, -0.25) is 4.79 Å². The van der Waals surface area contributed by atoms with Crippen molar-refractivity contribution in [2.45, 2.75) is 19.3 Å². The Balaban J connectivity index is 1.83. The number of nitrogens with one attached hydrogen (secondary N) is 1. The lowest BCUT2D eigenvalue weighted by Crippen LogP contribution is -2.20. The lowest BCUT2D eigenvalue weighted by molar-refractivity contribution is -0.137. The average molecular weight is 363 g/mol. The Labute approximate surface area is 147 Å². The molecule has 1 heterocycles. The number of carbonyl (C=O) groups excluding carboxylic acids is 1. The number of rotatable bonds is 5. The number of nitrogens with zero attached hydrogens (tertiary/aromatic N) is 2. The molecule has 3 rings (SSSR count). The molecule has 0 bridgehead atoms. The molecule has 26 heavy (non-hydrogen) atoms. The summed E-state index contributed by atoms with van der Waals surface area (Å²) in [6.45, 7) is 0.126. The van der Waals surface area contributed by atoms with Crippen LogP contribution in [0.1, 0.15) is 11.4 Å². The fraction of sp³-hybridized carbons (Fsp3) is 0.222. The summed E-state index contributed by atoms with van der Waals surface area (Å²) >= 11 is 0. The molecule has 5 nitrogen and oxygen atoms in total. The van der Waals surface area contributed by atoms with E-state index in [0.29, 0.717) is 11.3 Å². The Morgan fingerprint density at radius 1 is 1.19 bits per heavy atom. The van der Waals surface area contributed by atoms with Crippen LogP contribution in [-0.2, 0) is 28.9 Å². The van der Waals surface area contributed by atoms with Crippen molar-refractivity contribution in [3.8, 4) is 0 Å². The van der Waals surface area contributed by atoms with Crippen molar-refractivity contribution in [2.24, 2.45) is 0 Å². The van der Waals surface area contributed by atoms with Gasteiger partial charge in [0, 0.05) is 12.8 Å². The van der Waals surface area contributed by atoms with Crippen LogP contribution in [0.25, 0.3) is 11.0 Å². The van der Waals surface area contributed by atoms with Gasteiger partial charge in [0.25, 0.3) is 0 Å². The van der Waals surface area contributed by atoms with E-state index in [2.05, 4.69) is 10.3 Å². The number of benzene rings is 2. The Hall–Kier alpha value is -2.87. The topological polar surface area (TPSA) is 56.2 Å². The minimum atomic E-state index is -4.47. The van der Waals surface area contributed by atoms with Crippen molar-refractivity contribution in [1.82, 2.24) is 9.55 Å². The SMILES string of the molecule is COCc1nc2ccccc2n1CC(=O)Nc1cccc(C(F)(F)F)c1. The molecule has 1 N–H and O–H groups in total. The second-order valence-electron chi connectivity index (χ2n) is 5.66. The first kappa shape index (κ1) is 17.9. The van der Waals surface area contributed by atoms with Gasteiger partial charge in [0.1, 0.15) is 19.0 Å². The molecule has 0 radical (unpaired) electrons. The summed E-state index contributed by atoms with van der Waals surface area (Å²) in [5, 5.41) is 2.50. The average Bonchev–Trinajstić information content (AvgIpc) is 2.92. The van der Waals surface area contributed by atoms with E-state index in [4.69, 9.17) is 4.74 Å². The van der Waals surface area contributed by atoms with Crippen molar-refractivity contribution >= 4 is 22.6 Å². The normalized spacial score (nSPS) is 11.7. The predicted octanol–water partition coefficient (Wildman–Crippen LogP) is 3.84. The minimum Gasteiger partial charge on any atom is -0.377 e. The Kier molecular flexibility index (Phi) is 4.94. The molecule has 1 amide bonds. The van der Waals surface area contributed by atoms with Gasteiger partial charge in [0.15, 0.2) is 0 Å². The summed E-state index contributed by atoms with van der Waals surface area (Å²) in [5.74, 6) is 0.109. The number of imidazole rings is 1. The summed E-state index contributed by atoms with van der Waals surface area (Å²) in [6, 6.07) is 11.8. The second kappa shape index (κ2) is 7.17. The van der Waals surface area contributed by atoms with Gasteiger partial charge in [-0.25, -0.2) is 4.98 Å². The van der Waals surface area contributed by atoms with E-state index < -0.39 is 17.6 Å². The largest absolute Gasteiger partial charge is 0.416 e. The molecule has 0 spiro atoms. The van der Waals surface area contributed by atoms with E-state index >= 15 is 0 Å². The summed E-state index contributed by atoms with van der Waals surface area (Å²) in [5.41, 5.74) is 0.733. The number of ether oxygens (including phenoxy) is 1. The fourth-order valence-corrected chi connectivity index (χ4v) is 2.66. The number of amides is 1. The number of alkyl halides is 3. The van der Waals surface area contributed by atoms with Gasteiger partial charge in [0.05, 0.1) is 16.6 Å². The highest BCUT2D eigenvalue weighted by Crippen LogP contribution is 2.30. The van der Waals surface area contributed by atoms with Gasteiger partial charge >= 0.3 is 6.18 Å². The number of halogens is 3. The maximum absolute atomic E-state index is 12.8. The first-order valence-electron chi connectivity index (χ1n) is 7.78. The van der Waals surface area contributed by atoms with Gasteiger partial charge in [-0.15, -0.1) is 0 Å².